The van der Waals surface area contributed by atoms with Crippen molar-refractivity contribution in [1.82, 2.24) is 0 Å². The highest BCUT2D eigenvalue weighted by Gasteiger charge is 2.16. The van der Waals surface area contributed by atoms with E-state index in [-0.39, 0.29) is 0 Å². The minimum Gasteiger partial charge on any atom is -0.310 e. The Bertz CT molecular complexity index is 910. The summed E-state index contributed by atoms with van der Waals surface area (Å²) in [4.78, 5) is 13.3. The number of aldehydes is 1. The maximum Gasteiger partial charge on any atom is 0.150 e. The molecule has 0 radical (unpaired) electrons. The average molecular weight is 341 g/mol. The third-order valence-corrected chi connectivity index (χ3v) is 5.17. The summed E-state index contributed by atoms with van der Waals surface area (Å²) in [5, 5.41) is 0. The molecule has 2 nitrogen and oxygen atoms in total. The number of carbonyl (C=O) groups is 1. The van der Waals surface area contributed by atoms with Crippen molar-refractivity contribution in [2.75, 3.05) is 4.90 Å². The number of hydrogen-bond donors (Lipinski definition) is 0. The van der Waals surface area contributed by atoms with Gasteiger partial charge >= 0.3 is 0 Å². The van der Waals surface area contributed by atoms with Gasteiger partial charge in [-0.05, 0) is 92.3 Å². The normalized spacial score (nSPS) is 13.1. The van der Waals surface area contributed by atoms with E-state index in [0.29, 0.717) is 5.56 Å². The maximum atomic E-state index is 11.0. The molecule has 0 saturated carbocycles. The van der Waals surface area contributed by atoms with Crippen molar-refractivity contribution in [2.45, 2.75) is 32.6 Å². The van der Waals surface area contributed by atoms with Gasteiger partial charge in [0, 0.05) is 22.6 Å². The predicted molar refractivity (Wildman–Crippen MR) is 108 cm³/mol. The Kier molecular flexibility index (Phi) is 4.57. The minimum absolute atomic E-state index is 0.697. The van der Waals surface area contributed by atoms with E-state index in [1.54, 1.807) is 0 Å². The number of carbonyl (C=O) groups excluding carboxylic acids is 1. The summed E-state index contributed by atoms with van der Waals surface area (Å²) < 4.78 is 0. The molecule has 0 atom stereocenters. The fraction of sp³-hybridized carbons (Fsp3) is 0.208. The van der Waals surface area contributed by atoms with Gasteiger partial charge in [0.2, 0.25) is 0 Å². The van der Waals surface area contributed by atoms with Crippen molar-refractivity contribution in [1.29, 1.82) is 0 Å². The third kappa shape index (κ3) is 3.28. The highest BCUT2D eigenvalue weighted by molar-refractivity contribution is 5.80. The molecule has 0 bridgehead atoms. The van der Waals surface area contributed by atoms with E-state index >= 15 is 0 Å². The van der Waals surface area contributed by atoms with Gasteiger partial charge in [-0.2, -0.15) is 0 Å². The lowest BCUT2D eigenvalue weighted by Gasteiger charge is -2.27. The van der Waals surface area contributed by atoms with Crippen LogP contribution in [0.5, 0.6) is 0 Å². The van der Waals surface area contributed by atoms with Crippen LogP contribution in [0.3, 0.4) is 0 Å². The molecule has 0 fully saturated rings. The molecule has 4 rings (SSSR count). The molecule has 130 valence electrons. The van der Waals surface area contributed by atoms with Gasteiger partial charge in [-0.1, -0.05) is 23.8 Å². The Labute approximate surface area is 155 Å². The molecule has 0 saturated heterocycles. The van der Waals surface area contributed by atoms with Gasteiger partial charge < -0.3 is 4.90 Å². The summed E-state index contributed by atoms with van der Waals surface area (Å²) in [6, 6.07) is 23.2. The topological polar surface area (TPSA) is 20.3 Å². The fourth-order valence-electron chi connectivity index (χ4n) is 3.70. The monoisotopic (exact) mass is 341 g/mol. The lowest BCUT2D eigenvalue weighted by molar-refractivity contribution is 0.112. The zero-order valence-electron chi connectivity index (χ0n) is 15.1. The summed E-state index contributed by atoms with van der Waals surface area (Å²) in [6.07, 6.45) is 5.80. The van der Waals surface area contributed by atoms with E-state index in [1.165, 1.54) is 41.6 Å². The summed E-state index contributed by atoms with van der Waals surface area (Å²) >= 11 is 0. The van der Waals surface area contributed by atoms with Crippen LogP contribution in [0.1, 0.15) is 39.9 Å². The Morgan fingerprint density at radius 3 is 1.96 bits per heavy atom. The Balaban J connectivity index is 1.81. The molecule has 0 amide bonds. The Hall–Kier alpha value is -2.87. The first-order valence-corrected chi connectivity index (χ1v) is 9.28. The number of benzene rings is 3. The smallest absolute Gasteiger partial charge is 0.150 e. The number of aryl methyl sites for hydroxylation is 3. The third-order valence-electron chi connectivity index (χ3n) is 5.17. The standard InChI is InChI=1S/C24H23NO/c1-18-6-11-22(12-7-18)25(23-13-8-19(17-26)9-14-23)24-15-10-20-4-2-3-5-21(20)16-24/h6-17H,2-5H2,1H3. The molecular weight excluding hydrogens is 318 g/mol. The van der Waals surface area contributed by atoms with Crippen LogP contribution < -0.4 is 4.90 Å². The fourth-order valence-corrected chi connectivity index (χ4v) is 3.70. The van der Waals surface area contributed by atoms with E-state index in [2.05, 4.69) is 54.3 Å². The van der Waals surface area contributed by atoms with Crippen LogP contribution in [0, 0.1) is 6.92 Å². The van der Waals surface area contributed by atoms with Crippen LogP contribution in [-0.4, -0.2) is 6.29 Å². The minimum atomic E-state index is 0.697. The predicted octanol–water partition coefficient (Wildman–Crippen LogP) is 6.16. The molecule has 0 spiro atoms. The zero-order chi connectivity index (χ0) is 17.9. The summed E-state index contributed by atoms with van der Waals surface area (Å²) in [5.41, 5.74) is 8.27. The van der Waals surface area contributed by atoms with Gasteiger partial charge in [0.1, 0.15) is 6.29 Å². The number of nitrogens with zero attached hydrogens (tertiary/aromatic N) is 1. The lowest BCUT2D eigenvalue weighted by Crippen LogP contribution is -2.12. The Morgan fingerprint density at radius 2 is 1.31 bits per heavy atom. The molecule has 3 aromatic rings. The highest BCUT2D eigenvalue weighted by Crippen LogP contribution is 2.36. The van der Waals surface area contributed by atoms with Crippen molar-refractivity contribution in [2.24, 2.45) is 0 Å². The molecule has 26 heavy (non-hydrogen) atoms. The van der Waals surface area contributed by atoms with Crippen LogP contribution in [-0.2, 0) is 12.8 Å². The van der Waals surface area contributed by atoms with E-state index in [1.807, 2.05) is 24.3 Å². The largest absolute Gasteiger partial charge is 0.310 e. The number of anilines is 3. The van der Waals surface area contributed by atoms with Crippen molar-refractivity contribution in [3.63, 3.8) is 0 Å². The first kappa shape index (κ1) is 16.6. The van der Waals surface area contributed by atoms with Crippen LogP contribution >= 0.6 is 0 Å². The van der Waals surface area contributed by atoms with Gasteiger partial charge in [0.15, 0.2) is 0 Å². The van der Waals surface area contributed by atoms with Gasteiger partial charge in [0.25, 0.3) is 0 Å². The highest BCUT2D eigenvalue weighted by atomic mass is 16.1. The van der Waals surface area contributed by atoms with Crippen LogP contribution in [0.15, 0.2) is 66.7 Å². The molecular formula is C24H23NO. The van der Waals surface area contributed by atoms with Crippen molar-refractivity contribution >= 4 is 23.3 Å². The SMILES string of the molecule is Cc1ccc(N(c2ccc(C=O)cc2)c2ccc3c(c2)CCCC3)cc1. The molecule has 0 unspecified atom stereocenters. The molecule has 2 heteroatoms. The van der Waals surface area contributed by atoms with Crippen molar-refractivity contribution in [3.8, 4) is 0 Å². The first-order valence-electron chi connectivity index (χ1n) is 9.28. The molecule has 1 aliphatic carbocycles. The van der Waals surface area contributed by atoms with E-state index < -0.39 is 0 Å². The summed E-state index contributed by atoms with van der Waals surface area (Å²) in [7, 11) is 0. The Morgan fingerprint density at radius 1 is 0.731 bits per heavy atom. The van der Waals surface area contributed by atoms with Gasteiger partial charge in [-0.25, -0.2) is 0 Å². The molecule has 3 aromatic carbocycles. The molecule has 0 aliphatic heterocycles. The quantitative estimate of drug-likeness (QED) is 0.530. The number of rotatable bonds is 4. The average Bonchev–Trinajstić information content (AvgIpc) is 2.70. The van der Waals surface area contributed by atoms with E-state index in [9.17, 15) is 4.79 Å². The van der Waals surface area contributed by atoms with Crippen LogP contribution in [0.4, 0.5) is 17.1 Å². The molecule has 0 N–H and O–H groups in total. The maximum absolute atomic E-state index is 11.0. The van der Waals surface area contributed by atoms with Crippen LogP contribution in [0.2, 0.25) is 0 Å². The number of hydrogen-bond acceptors (Lipinski definition) is 2. The van der Waals surface area contributed by atoms with Crippen LogP contribution in [0.25, 0.3) is 0 Å². The van der Waals surface area contributed by atoms with E-state index in [4.69, 9.17) is 0 Å². The second-order valence-electron chi connectivity index (χ2n) is 7.04. The summed E-state index contributed by atoms with van der Waals surface area (Å²) in [6.45, 7) is 2.10. The van der Waals surface area contributed by atoms with Gasteiger partial charge in [0.05, 0.1) is 0 Å². The molecule has 0 heterocycles. The molecule has 0 aromatic heterocycles. The first-order chi connectivity index (χ1) is 12.7. The van der Waals surface area contributed by atoms with Gasteiger partial charge in [-0.3, -0.25) is 4.79 Å². The number of fused-ring (bicyclic) bond motifs is 1. The van der Waals surface area contributed by atoms with Crippen molar-refractivity contribution in [3.05, 3.63) is 89.0 Å². The molecule has 1 aliphatic rings. The van der Waals surface area contributed by atoms with Gasteiger partial charge in [-0.15, -0.1) is 0 Å². The lowest BCUT2D eigenvalue weighted by atomic mass is 9.91. The zero-order valence-corrected chi connectivity index (χ0v) is 15.1. The second-order valence-corrected chi connectivity index (χ2v) is 7.04. The summed E-state index contributed by atoms with van der Waals surface area (Å²) in [5.74, 6) is 0. The van der Waals surface area contributed by atoms with E-state index in [0.717, 1.165) is 24.1 Å². The second kappa shape index (κ2) is 7.17. The van der Waals surface area contributed by atoms with Crippen molar-refractivity contribution < 1.29 is 4.79 Å².